The second-order valence-corrected chi connectivity index (χ2v) is 9.06. The second-order valence-electron chi connectivity index (χ2n) is 9.06. The van der Waals surface area contributed by atoms with Crippen molar-refractivity contribution >= 4 is 23.1 Å². The number of anilines is 1. The number of amides is 2. The maximum absolute atomic E-state index is 13.0. The van der Waals surface area contributed by atoms with Crippen molar-refractivity contribution in [1.29, 1.82) is 0 Å². The number of hydrogen-bond acceptors (Lipinski definition) is 5. The lowest BCUT2D eigenvalue weighted by Gasteiger charge is -2.22. The van der Waals surface area contributed by atoms with Crippen LogP contribution < -0.4 is 5.32 Å². The number of carbonyl (C=O) groups is 2. The number of fused-ring (bicyclic) bond motifs is 2. The molecule has 1 aromatic carbocycles. The number of aromatic nitrogens is 3. The van der Waals surface area contributed by atoms with Gasteiger partial charge in [0, 0.05) is 36.7 Å². The average molecular weight is 419 g/mol. The summed E-state index contributed by atoms with van der Waals surface area (Å²) in [7, 11) is 0. The van der Waals surface area contributed by atoms with Gasteiger partial charge in [0.05, 0.1) is 11.8 Å². The Kier molecular flexibility index (Phi) is 4.55. The fourth-order valence-electron chi connectivity index (χ4n) is 4.05. The molecule has 0 unspecified atom stereocenters. The van der Waals surface area contributed by atoms with Gasteiger partial charge in [0.2, 0.25) is 0 Å². The molecule has 3 heterocycles. The van der Waals surface area contributed by atoms with Gasteiger partial charge in [0.15, 0.2) is 5.65 Å². The Morgan fingerprint density at radius 1 is 1.32 bits per heavy atom. The largest absolute Gasteiger partial charge is 0.390 e. The normalized spacial score (nSPS) is 16.1. The van der Waals surface area contributed by atoms with E-state index >= 15 is 0 Å². The van der Waals surface area contributed by atoms with E-state index in [1.165, 1.54) is 6.20 Å². The Morgan fingerprint density at radius 3 is 2.87 bits per heavy atom. The van der Waals surface area contributed by atoms with Crippen LogP contribution in [-0.4, -0.2) is 48.6 Å². The summed E-state index contributed by atoms with van der Waals surface area (Å²) in [6, 6.07) is 5.64. The number of carbonyl (C=O) groups excluding carboxylic acids is 2. The Labute approximate surface area is 179 Å². The van der Waals surface area contributed by atoms with Crippen LogP contribution in [0.25, 0.3) is 5.65 Å². The van der Waals surface area contributed by atoms with E-state index in [0.29, 0.717) is 42.2 Å². The molecular formula is C23H25N5O3. The molecule has 8 heteroatoms. The van der Waals surface area contributed by atoms with Crippen LogP contribution in [0, 0.1) is 0 Å². The van der Waals surface area contributed by atoms with Crippen LogP contribution >= 0.6 is 0 Å². The molecule has 0 spiro atoms. The SMILES string of the molecule is CC(C)(O)CCN1Cc2cc(NC(=O)c3cnn4cccnc34)c(C3CC3)cc2C1=O. The second kappa shape index (κ2) is 7.16. The fourth-order valence-corrected chi connectivity index (χ4v) is 4.05. The zero-order chi connectivity index (χ0) is 21.8. The highest BCUT2D eigenvalue weighted by atomic mass is 16.3. The van der Waals surface area contributed by atoms with E-state index < -0.39 is 5.60 Å². The zero-order valence-corrected chi connectivity index (χ0v) is 17.6. The summed E-state index contributed by atoms with van der Waals surface area (Å²) in [5.41, 5.74) is 3.45. The first kappa shape index (κ1) is 19.7. The zero-order valence-electron chi connectivity index (χ0n) is 17.6. The van der Waals surface area contributed by atoms with E-state index in [4.69, 9.17) is 0 Å². The summed E-state index contributed by atoms with van der Waals surface area (Å²) >= 11 is 0. The first-order valence-corrected chi connectivity index (χ1v) is 10.6. The summed E-state index contributed by atoms with van der Waals surface area (Å²) < 4.78 is 1.57. The molecule has 0 saturated heterocycles. The van der Waals surface area contributed by atoms with Crippen molar-refractivity contribution in [2.24, 2.45) is 0 Å². The molecule has 1 aliphatic carbocycles. The molecule has 3 aromatic rings. The molecule has 0 radical (unpaired) electrons. The molecule has 1 aliphatic heterocycles. The lowest BCUT2D eigenvalue weighted by atomic mass is 10.0. The predicted octanol–water partition coefficient (Wildman–Crippen LogP) is 2.98. The summed E-state index contributed by atoms with van der Waals surface area (Å²) in [5.74, 6) is 0.0884. The summed E-state index contributed by atoms with van der Waals surface area (Å²) in [6.45, 7) is 4.46. The molecule has 0 atom stereocenters. The maximum atomic E-state index is 13.0. The Balaban J connectivity index is 1.43. The highest BCUT2D eigenvalue weighted by molar-refractivity contribution is 6.09. The van der Waals surface area contributed by atoms with Crippen molar-refractivity contribution in [1.82, 2.24) is 19.5 Å². The van der Waals surface area contributed by atoms with Crippen molar-refractivity contribution in [3.8, 4) is 0 Å². The van der Waals surface area contributed by atoms with Gasteiger partial charge in [-0.25, -0.2) is 9.50 Å². The molecule has 2 aromatic heterocycles. The van der Waals surface area contributed by atoms with Crippen molar-refractivity contribution in [3.63, 3.8) is 0 Å². The number of nitrogens with one attached hydrogen (secondary N) is 1. The van der Waals surface area contributed by atoms with E-state index in [9.17, 15) is 14.7 Å². The van der Waals surface area contributed by atoms with Crippen LogP contribution in [0.1, 0.15) is 70.9 Å². The van der Waals surface area contributed by atoms with Gasteiger partial charge in [0.1, 0.15) is 5.56 Å². The van der Waals surface area contributed by atoms with Crippen LogP contribution in [0.3, 0.4) is 0 Å². The summed E-state index contributed by atoms with van der Waals surface area (Å²) in [5, 5.41) is 17.2. The Bertz CT molecular complexity index is 1190. The number of aliphatic hydroxyl groups is 1. The molecule has 0 bridgehead atoms. The number of rotatable bonds is 6. The van der Waals surface area contributed by atoms with Crippen LogP contribution in [0.15, 0.2) is 36.8 Å². The maximum Gasteiger partial charge on any atom is 0.261 e. The smallest absolute Gasteiger partial charge is 0.261 e. The molecule has 5 rings (SSSR count). The highest BCUT2D eigenvalue weighted by Crippen LogP contribution is 2.45. The van der Waals surface area contributed by atoms with E-state index in [2.05, 4.69) is 15.4 Å². The third-order valence-corrected chi connectivity index (χ3v) is 5.94. The van der Waals surface area contributed by atoms with Gasteiger partial charge < -0.3 is 15.3 Å². The standard InChI is InChI=1S/C23H25N5O3/c1-23(2,31)6-9-27-13-15-10-19(16(14-4-5-14)11-17(15)22(27)30)26-21(29)18-12-25-28-8-3-7-24-20(18)28/h3,7-8,10-12,14,31H,4-6,9,13H2,1-2H3,(H,26,29). The van der Waals surface area contributed by atoms with E-state index in [0.717, 1.165) is 29.7 Å². The lowest BCUT2D eigenvalue weighted by Crippen LogP contribution is -2.31. The van der Waals surface area contributed by atoms with Crippen LogP contribution in [-0.2, 0) is 6.54 Å². The summed E-state index contributed by atoms with van der Waals surface area (Å²) in [4.78, 5) is 32.0. The number of nitrogens with zero attached hydrogens (tertiary/aromatic N) is 4. The highest BCUT2D eigenvalue weighted by Gasteiger charge is 2.34. The van der Waals surface area contributed by atoms with E-state index in [-0.39, 0.29) is 11.8 Å². The first-order chi connectivity index (χ1) is 14.8. The van der Waals surface area contributed by atoms with Crippen molar-refractivity contribution < 1.29 is 14.7 Å². The Hall–Kier alpha value is -3.26. The topological polar surface area (TPSA) is 99.8 Å². The van der Waals surface area contributed by atoms with Crippen LogP contribution in [0.4, 0.5) is 5.69 Å². The quantitative estimate of drug-likeness (QED) is 0.640. The van der Waals surface area contributed by atoms with Crippen molar-refractivity contribution in [2.45, 2.75) is 51.2 Å². The molecule has 1 saturated carbocycles. The van der Waals surface area contributed by atoms with Gasteiger partial charge in [-0.15, -0.1) is 0 Å². The van der Waals surface area contributed by atoms with Crippen LogP contribution in [0.5, 0.6) is 0 Å². The lowest BCUT2D eigenvalue weighted by molar-refractivity contribution is 0.0517. The third-order valence-electron chi connectivity index (χ3n) is 5.94. The van der Waals surface area contributed by atoms with Gasteiger partial charge in [-0.2, -0.15) is 5.10 Å². The molecule has 2 aliphatic rings. The fraction of sp³-hybridized carbons (Fsp3) is 0.391. The summed E-state index contributed by atoms with van der Waals surface area (Å²) in [6.07, 6.45) is 7.51. The molecule has 31 heavy (non-hydrogen) atoms. The number of benzene rings is 1. The third kappa shape index (κ3) is 3.79. The van der Waals surface area contributed by atoms with Crippen molar-refractivity contribution in [3.05, 3.63) is 59.0 Å². The van der Waals surface area contributed by atoms with Gasteiger partial charge >= 0.3 is 0 Å². The predicted molar refractivity (Wildman–Crippen MR) is 115 cm³/mol. The van der Waals surface area contributed by atoms with E-state index in [1.54, 1.807) is 41.7 Å². The first-order valence-electron chi connectivity index (χ1n) is 10.6. The van der Waals surface area contributed by atoms with Gasteiger partial charge in [-0.1, -0.05) is 0 Å². The van der Waals surface area contributed by atoms with E-state index in [1.807, 2.05) is 12.1 Å². The van der Waals surface area contributed by atoms with Crippen LogP contribution in [0.2, 0.25) is 0 Å². The minimum Gasteiger partial charge on any atom is -0.390 e. The minimum absolute atomic E-state index is 0.00847. The van der Waals surface area contributed by atoms with Gasteiger partial charge in [0.25, 0.3) is 11.8 Å². The molecule has 160 valence electrons. The Morgan fingerprint density at radius 2 is 2.13 bits per heavy atom. The molecule has 8 nitrogen and oxygen atoms in total. The van der Waals surface area contributed by atoms with Gasteiger partial charge in [-0.3, -0.25) is 9.59 Å². The number of hydrogen-bond donors (Lipinski definition) is 2. The molecule has 2 N–H and O–H groups in total. The van der Waals surface area contributed by atoms with Crippen molar-refractivity contribution in [2.75, 3.05) is 11.9 Å². The molecular weight excluding hydrogens is 394 g/mol. The minimum atomic E-state index is -0.824. The van der Waals surface area contributed by atoms with Gasteiger partial charge in [-0.05, 0) is 68.4 Å². The average Bonchev–Trinajstić information content (AvgIpc) is 3.40. The molecule has 2 amide bonds. The monoisotopic (exact) mass is 419 g/mol. The molecule has 1 fully saturated rings.